The Hall–Kier alpha value is -1.62. The van der Waals surface area contributed by atoms with Crippen LogP contribution in [0.3, 0.4) is 0 Å². The first-order chi connectivity index (χ1) is 11.7. The molecule has 0 spiro atoms. The molecule has 0 radical (unpaired) electrons. The molecule has 1 fully saturated rings. The van der Waals surface area contributed by atoms with Gasteiger partial charge in [0.15, 0.2) is 0 Å². The van der Waals surface area contributed by atoms with Crippen molar-refractivity contribution in [1.29, 1.82) is 0 Å². The molecule has 5 heteroatoms. The highest BCUT2D eigenvalue weighted by molar-refractivity contribution is 8.00. The number of para-hydroxylation sites is 1. The van der Waals surface area contributed by atoms with Gasteiger partial charge in [0, 0.05) is 24.4 Å². The first kappa shape index (κ1) is 17.2. The molecule has 1 aromatic carbocycles. The van der Waals surface area contributed by atoms with Crippen LogP contribution in [-0.4, -0.2) is 39.1 Å². The van der Waals surface area contributed by atoms with Gasteiger partial charge in [0.1, 0.15) is 10.9 Å². The molecule has 128 valence electrons. The van der Waals surface area contributed by atoms with Gasteiger partial charge in [-0.25, -0.2) is 9.97 Å². The topological polar surface area (TPSA) is 46.1 Å². The Morgan fingerprint density at radius 3 is 2.92 bits per heavy atom. The zero-order valence-electron chi connectivity index (χ0n) is 14.5. The largest absolute Gasteiger partial charge is 0.339 e. The lowest BCUT2D eigenvalue weighted by Crippen LogP contribution is -2.42. The maximum atomic E-state index is 12.6. The number of aryl methyl sites for hydroxylation is 1. The lowest BCUT2D eigenvalue weighted by Gasteiger charge is -2.33. The second kappa shape index (κ2) is 7.97. The number of piperidine rings is 1. The molecule has 1 atom stereocenters. The second-order valence-corrected chi connectivity index (χ2v) is 7.40. The molecule has 0 unspecified atom stereocenters. The van der Waals surface area contributed by atoms with Gasteiger partial charge in [-0.1, -0.05) is 36.9 Å². The van der Waals surface area contributed by atoms with Crippen molar-refractivity contribution in [2.24, 2.45) is 0 Å². The van der Waals surface area contributed by atoms with Gasteiger partial charge >= 0.3 is 0 Å². The molecule has 1 aliphatic rings. The van der Waals surface area contributed by atoms with Crippen LogP contribution in [0.4, 0.5) is 0 Å². The van der Waals surface area contributed by atoms with E-state index < -0.39 is 0 Å². The monoisotopic (exact) mass is 343 g/mol. The third kappa shape index (κ3) is 3.89. The number of thioether (sulfide) groups is 1. The molecule has 1 aromatic heterocycles. The molecule has 1 aliphatic heterocycles. The standard InChI is InChI=1S/C19H25N3OS/c1-3-8-17-20-16-11-5-4-10-15(16)19(21-17)24-13-18(23)22-12-7-6-9-14(22)2/h4-5,10-11,14H,3,6-9,12-13H2,1-2H3/t14-/m0/s1. The zero-order chi connectivity index (χ0) is 16.9. The van der Waals surface area contributed by atoms with Gasteiger partial charge in [-0.05, 0) is 38.7 Å². The minimum absolute atomic E-state index is 0.229. The van der Waals surface area contributed by atoms with Gasteiger partial charge < -0.3 is 4.90 Å². The Morgan fingerprint density at radius 2 is 2.12 bits per heavy atom. The summed E-state index contributed by atoms with van der Waals surface area (Å²) < 4.78 is 0. The predicted molar refractivity (Wildman–Crippen MR) is 99.3 cm³/mol. The Kier molecular flexibility index (Phi) is 5.72. The fourth-order valence-electron chi connectivity index (χ4n) is 3.22. The van der Waals surface area contributed by atoms with E-state index in [1.807, 2.05) is 29.2 Å². The minimum Gasteiger partial charge on any atom is -0.339 e. The van der Waals surface area contributed by atoms with Crippen LogP contribution >= 0.6 is 11.8 Å². The van der Waals surface area contributed by atoms with Crippen LogP contribution in [0.1, 0.15) is 45.4 Å². The minimum atomic E-state index is 0.229. The maximum Gasteiger partial charge on any atom is 0.233 e. The molecule has 4 nitrogen and oxygen atoms in total. The number of hydrogen-bond donors (Lipinski definition) is 0. The quantitative estimate of drug-likeness (QED) is 0.606. The number of fused-ring (bicyclic) bond motifs is 1. The van der Waals surface area contributed by atoms with Crippen molar-refractivity contribution in [2.75, 3.05) is 12.3 Å². The van der Waals surface area contributed by atoms with Crippen molar-refractivity contribution < 1.29 is 4.79 Å². The maximum absolute atomic E-state index is 12.6. The van der Waals surface area contributed by atoms with E-state index in [4.69, 9.17) is 4.98 Å². The first-order valence-corrected chi connectivity index (χ1v) is 9.85. The van der Waals surface area contributed by atoms with E-state index in [1.54, 1.807) is 11.8 Å². The van der Waals surface area contributed by atoms with Crippen LogP contribution in [0, 0.1) is 0 Å². The van der Waals surface area contributed by atoms with Crippen LogP contribution in [0.5, 0.6) is 0 Å². The van der Waals surface area contributed by atoms with Crippen LogP contribution < -0.4 is 0 Å². The van der Waals surface area contributed by atoms with Gasteiger partial charge in [-0.2, -0.15) is 0 Å². The Bertz CT molecular complexity index is 719. The van der Waals surface area contributed by atoms with Crippen LogP contribution in [0.15, 0.2) is 29.3 Å². The lowest BCUT2D eigenvalue weighted by molar-refractivity contribution is -0.131. The Morgan fingerprint density at radius 1 is 1.29 bits per heavy atom. The number of likely N-dealkylation sites (tertiary alicyclic amines) is 1. The molecule has 1 amide bonds. The number of nitrogens with zero attached hydrogens (tertiary/aromatic N) is 3. The third-order valence-electron chi connectivity index (χ3n) is 4.54. The summed E-state index contributed by atoms with van der Waals surface area (Å²) in [5.74, 6) is 1.56. The third-order valence-corrected chi connectivity index (χ3v) is 5.52. The normalized spacial score (nSPS) is 18.1. The predicted octanol–water partition coefficient (Wildman–Crippen LogP) is 4.08. The summed E-state index contributed by atoms with van der Waals surface area (Å²) in [7, 11) is 0. The summed E-state index contributed by atoms with van der Waals surface area (Å²) >= 11 is 1.55. The Balaban J connectivity index is 1.77. The highest BCUT2D eigenvalue weighted by Crippen LogP contribution is 2.27. The summed E-state index contributed by atoms with van der Waals surface area (Å²) in [6.45, 7) is 5.18. The average Bonchev–Trinajstić information content (AvgIpc) is 2.60. The number of carbonyl (C=O) groups excluding carboxylic acids is 1. The molecule has 24 heavy (non-hydrogen) atoms. The number of carbonyl (C=O) groups is 1. The molecule has 0 saturated carbocycles. The number of aromatic nitrogens is 2. The highest BCUT2D eigenvalue weighted by Gasteiger charge is 2.23. The van der Waals surface area contributed by atoms with E-state index in [0.717, 1.165) is 54.0 Å². The molecule has 0 N–H and O–H groups in total. The van der Waals surface area contributed by atoms with Crippen molar-refractivity contribution in [2.45, 2.75) is 57.0 Å². The number of rotatable bonds is 5. The van der Waals surface area contributed by atoms with Crippen molar-refractivity contribution in [1.82, 2.24) is 14.9 Å². The van der Waals surface area contributed by atoms with Crippen LogP contribution in [0.2, 0.25) is 0 Å². The van der Waals surface area contributed by atoms with Crippen LogP contribution in [-0.2, 0) is 11.2 Å². The SMILES string of the molecule is CCCc1nc(SCC(=O)N2CCCC[C@@H]2C)c2ccccc2n1. The summed E-state index contributed by atoms with van der Waals surface area (Å²) in [4.78, 5) is 24.0. The smallest absolute Gasteiger partial charge is 0.233 e. The van der Waals surface area contributed by atoms with E-state index in [1.165, 1.54) is 6.42 Å². The highest BCUT2D eigenvalue weighted by atomic mass is 32.2. The van der Waals surface area contributed by atoms with Gasteiger partial charge in [0.05, 0.1) is 11.3 Å². The number of benzene rings is 1. The summed E-state index contributed by atoms with van der Waals surface area (Å²) in [6, 6.07) is 8.43. The molecule has 2 heterocycles. The molecule has 1 saturated heterocycles. The van der Waals surface area contributed by atoms with Gasteiger partial charge in [-0.15, -0.1) is 0 Å². The van der Waals surface area contributed by atoms with Crippen molar-refractivity contribution in [3.05, 3.63) is 30.1 Å². The van der Waals surface area contributed by atoms with E-state index in [9.17, 15) is 4.79 Å². The van der Waals surface area contributed by atoms with Gasteiger partial charge in [0.2, 0.25) is 5.91 Å². The molecular weight excluding hydrogens is 318 g/mol. The van der Waals surface area contributed by atoms with Gasteiger partial charge in [0.25, 0.3) is 0 Å². The van der Waals surface area contributed by atoms with Crippen molar-refractivity contribution in [3.63, 3.8) is 0 Å². The molecule has 0 bridgehead atoms. The fraction of sp³-hybridized carbons (Fsp3) is 0.526. The number of hydrogen-bond acceptors (Lipinski definition) is 4. The lowest BCUT2D eigenvalue weighted by atomic mass is 10.0. The zero-order valence-corrected chi connectivity index (χ0v) is 15.3. The van der Waals surface area contributed by atoms with E-state index in [-0.39, 0.29) is 5.91 Å². The van der Waals surface area contributed by atoms with E-state index in [0.29, 0.717) is 11.8 Å². The van der Waals surface area contributed by atoms with E-state index >= 15 is 0 Å². The van der Waals surface area contributed by atoms with Gasteiger partial charge in [-0.3, -0.25) is 4.79 Å². The summed E-state index contributed by atoms with van der Waals surface area (Å²) in [6.07, 6.45) is 5.36. The summed E-state index contributed by atoms with van der Waals surface area (Å²) in [5, 5.41) is 1.98. The fourth-order valence-corrected chi connectivity index (χ4v) is 4.14. The number of amides is 1. The Labute approximate surface area is 148 Å². The molecule has 3 rings (SSSR count). The second-order valence-electron chi connectivity index (χ2n) is 6.43. The molecular formula is C19H25N3OS. The first-order valence-electron chi connectivity index (χ1n) is 8.87. The average molecular weight is 343 g/mol. The van der Waals surface area contributed by atoms with Crippen molar-refractivity contribution in [3.8, 4) is 0 Å². The summed E-state index contributed by atoms with van der Waals surface area (Å²) in [5.41, 5.74) is 0.970. The van der Waals surface area contributed by atoms with Crippen molar-refractivity contribution >= 4 is 28.6 Å². The van der Waals surface area contributed by atoms with E-state index in [2.05, 4.69) is 18.8 Å². The van der Waals surface area contributed by atoms with Crippen LogP contribution in [0.25, 0.3) is 10.9 Å². The molecule has 2 aromatic rings. The molecule has 0 aliphatic carbocycles.